The highest BCUT2D eigenvalue weighted by atomic mass is 19.4. The van der Waals surface area contributed by atoms with E-state index in [-0.39, 0.29) is 11.3 Å². The fourth-order valence-corrected chi connectivity index (χ4v) is 2.37. The van der Waals surface area contributed by atoms with Gasteiger partial charge in [-0.05, 0) is 11.8 Å². The van der Waals surface area contributed by atoms with Gasteiger partial charge in [0.05, 0.1) is 6.61 Å². The van der Waals surface area contributed by atoms with E-state index in [9.17, 15) is 13.2 Å². The Morgan fingerprint density at radius 2 is 1.82 bits per heavy atom. The smallest absolute Gasteiger partial charge is 0.407 e. The zero-order valence-corrected chi connectivity index (χ0v) is 12.5. The first kappa shape index (κ1) is 16.6. The summed E-state index contributed by atoms with van der Waals surface area (Å²) in [4.78, 5) is 0. The van der Waals surface area contributed by atoms with E-state index in [0.29, 0.717) is 12.0 Å². The van der Waals surface area contributed by atoms with Gasteiger partial charge in [-0.25, -0.2) is 0 Å². The number of hydrogen-bond acceptors (Lipinski definition) is 2. The van der Waals surface area contributed by atoms with Crippen LogP contribution in [0.5, 0.6) is 5.75 Å². The molecule has 0 radical (unpaired) electrons. The third-order valence-electron chi connectivity index (χ3n) is 3.59. The summed E-state index contributed by atoms with van der Waals surface area (Å²) in [5.74, 6) is 0.249. The third-order valence-corrected chi connectivity index (χ3v) is 3.59. The Kier molecular flexibility index (Phi) is 5.29. The summed E-state index contributed by atoms with van der Waals surface area (Å²) in [5.41, 5.74) is 5.38. The Morgan fingerprint density at radius 1 is 1.09 bits per heavy atom. The van der Waals surface area contributed by atoms with E-state index in [1.807, 2.05) is 12.1 Å². The minimum atomic E-state index is -4.50. The van der Waals surface area contributed by atoms with Crippen LogP contribution in [0.25, 0.3) is 10.8 Å². The summed E-state index contributed by atoms with van der Waals surface area (Å²) >= 11 is 0. The Hall–Kier alpha value is -1.75. The van der Waals surface area contributed by atoms with Gasteiger partial charge in [-0.3, -0.25) is 0 Å². The number of unbranched alkanes of at least 4 members (excludes halogenated alkanes) is 2. The number of nitrogens with two attached hydrogens (primary N) is 1. The van der Waals surface area contributed by atoms with Crippen LogP contribution in [0.3, 0.4) is 0 Å². The average molecular weight is 311 g/mol. The molecule has 0 unspecified atom stereocenters. The molecule has 0 saturated heterocycles. The Morgan fingerprint density at radius 3 is 2.50 bits per heavy atom. The van der Waals surface area contributed by atoms with E-state index >= 15 is 0 Å². The fourth-order valence-electron chi connectivity index (χ4n) is 2.37. The average Bonchev–Trinajstić information content (AvgIpc) is 2.49. The lowest BCUT2D eigenvalue weighted by Crippen LogP contribution is -2.29. The molecule has 0 bridgehead atoms. The van der Waals surface area contributed by atoms with Crippen molar-refractivity contribution in [3.63, 3.8) is 0 Å². The number of fused-ring (bicyclic) bond motifs is 1. The zero-order valence-electron chi connectivity index (χ0n) is 12.5. The molecule has 0 aliphatic heterocycles. The number of ether oxygens (including phenoxy) is 1. The van der Waals surface area contributed by atoms with Gasteiger partial charge in [0.25, 0.3) is 0 Å². The number of alkyl halides is 3. The molecule has 2 nitrogen and oxygen atoms in total. The lowest BCUT2D eigenvalue weighted by molar-refractivity contribution is -0.149. The number of halogens is 3. The van der Waals surface area contributed by atoms with Gasteiger partial charge in [0.2, 0.25) is 0 Å². The molecule has 5 heteroatoms. The second-order valence-electron chi connectivity index (χ2n) is 5.28. The molecule has 0 spiro atoms. The molecule has 22 heavy (non-hydrogen) atoms. The van der Waals surface area contributed by atoms with Crippen molar-refractivity contribution in [1.29, 1.82) is 0 Å². The van der Waals surface area contributed by atoms with E-state index in [1.54, 1.807) is 18.2 Å². The molecule has 120 valence electrons. The maximum absolute atomic E-state index is 13.0. The Labute approximate surface area is 128 Å². The molecule has 0 saturated carbocycles. The Balaban J connectivity index is 2.41. The van der Waals surface area contributed by atoms with Crippen LogP contribution in [0, 0.1) is 0 Å². The minimum absolute atomic E-state index is 0.0114. The van der Waals surface area contributed by atoms with Gasteiger partial charge in [-0.2, -0.15) is 13.2 Å². The quantitative estimate of drug-likeness (QED) is 0.764. The van der Waals surface area contributed by atoms with Crippen LogP contribution in [0.15, 0.2) is 36.4 Å². The van der Waals surface area contributed by atoms with Crippen molar-refractivity contribution in [2.24, 2.45) is 5.73 Å². The first-order chi connectivity index (χ1) is 10.4. The Bertz CT molecular complexity index is 625. The van der Waals surface area contributed by atoms with Gasteiger partial charge in [0, 0.05) is 10.9 Å². The van der Waals surface area contributed by atoms with Crippen molar-refractivity contribution < 1.29 is 17.9 Å². The maximum atomic E-state index is 13.0. The summed E-state index contributed by atoms with van der Waals surface area (Å²) in [5, 5.41) is 1.50. The normalized spacial score (nSPS) is 13.3. The SMILES string of the molecule is CCCCCOc1c([C@H](N)C(F)(F)F)ccc2ccccc12. The van der Waals surface area contributed by atoms with Crippen LogP contribution >= 0.6 is 0 Å². The maximum Gasteiger partial charge on any atom is 0.407 e. The molecule has 2 N–H and O–H groups in total. The van der Waals surface area contributed by atoms with Gasteiger partial charge in [-0.15, -0.1) is 0 Å². The van der Waals surface area contributed by atoms with Crippen molar-refractivity contribution in [2.75, 3.05) is 6.61 Å². The number of benzene rings is 2. The molecule has 2 aromatic rings. The molecular formula is C17H20F3NO. The van der Waals surface area contributed by atoms with Gasteiger partial charge in [0.1, 0.15) is 11.8 Å². The predicted molar refractivity (Wildman–Crippen MR) is 82.0 cm³/mol. The molecule has 2 rings (SSSR count). The highest BCUT2D eigenvalue weighted by molar-refractivity contribution is 5.89. The summed E-state index contributed by atoms with van der Waals surface area (Å²) in [6, 6.07) is 8.24. The molecule has 0 fully saturated rings. The predicted octanol–water partition coefficient (Wildman–Crippen LogP) is 4.97. The topological polar surface area (TPSA) is 35.2 Å². The van der Waals surface area contributed by atoms with Gasteiger partial charge < -0.3 is 10.5 Å². The number of rotatable bonds is 6. The lowest BCUT2D eigenvalue weighted by Gasteiger charge is -2.21. The van der Waals surface area contributed by atoms with E-state index in [1.165, 1.54) is 6.07 Å². The molecule has 1 atom stereocenters. The van der Waals surface area contributed by atoms with Crippen molar-refractivity contribution in [3.8, 4) is 5.75 Å². The van der Waals surface area contributed by atoms with Crippen molar-refractivity contribution >= 4 is 10.8 Å². The van der Waals surface area contributed by atoms with E-state index in [0.717, 1.165) is 24.6 Å². The molecule has 0 aliphatic carbocycles. The monoisotopic (exact) mass is 311 g/mol. The van der Waals surface area contributed by atoms with E-state index < -0.39 is 12.2 Å². The molecular weight excluding hydrogens is 291 g/mol. The van der Waals surface area contributed by atoms with Crippen LogP contribution in [-0.4, -0.2) is 12.8 Å². The molecule has 0 aliphatic rings. The van der Waals surface area contributed by atoms with Gasteiger partial charge >= 0.3 is 6.18 Å². The lowest BCUT2D eigenvalue weighted by atomic mass is 10.00. The standard InChI is InChI=1S/C17H20F3NO/c1-2-3-6-11-22-15-13-8-5-4-7-12(13)9-10-14(15)16(21)17(18,19)20/h4-5,7-10,16H,2-3,6,11,21H2,1H3/t16-/m0/s1. The summed E-state index contributed by atoms with van der Waals surface area (Å²) in [7, 11) is 0. The van der Waals surface area contributed by atoms with Crippen LogP contribution in [0.4, 0.5) is 13.2 Å². The second kappa shape index (κ2) is 7.01. The largest absolute Gasteiger partial charge is 0.493 e. The summed E-state index contributed by atoms with van der Waals surface area (Å²) < 4.78 is 44.6. The fraction of sp³-hybridized carbons (Fsp3) is 0.412. The first-order valence-electron chi connectivity index (χ1n) is 7.42. The molecule has 0 heterocycles. The third kappa shape index (κ3) is 3.71. The number of hydrogen-bond donors (Lipinski definition) is 1. The van der Waals surface area contributed by atoms with E-state index in [2.05, 4.69) is 6.92 Å². The van der Waals surface area contributed by atoms with E-state index in [4.69, 9.17) is 10.5 Å². The van der Waals surface area contributed by atoms with Gasteiger partial charge in [0.15, 0.2) is 0 Å². The second-order valence-corrected chi connectivity index (χ2v) is 5.28. The summed E-state index contributed by atoms with van der Waals surface area (Å²) in [6.45, 7) is 2.45. The summed E-state index contributed by atoms with van der Waals surface area (Å²) in [6.07, 6.45) is -1.69. The first-order valence-corrected chi connectivity index (χ1v) is 7.42. The van der Waals surface area contributed by atoms with Crippen molar-refractivity contribution in [3.05, 3.63) is 42.0 Å². The minimum Gasteiger partial charge on any atom is -0.493 e. The van der Waals surface area contributed by atoms with Crippen LogP contribution < -0.4 is 10.5 Å². The highest BCUT2D eigenvalue weighted by Gasteiger charge is 2.39. The molecule has 0 aromatic heterocycles. The molecule has 0 amide bonds. The van der Waals surface area contributed by atoms with Crippen LogP contribution in [0.2, 0.25) is 0 Å². The van der Waals surface area contributed by atoms with Crippen LogP contribution in [-0.2, 0) is 0 Å². The van der Waals surface area contributed by atoms with Crippen LogP contribution in [0.1, 0.15) is 37.8 Å². The molecule has 2 aromatic carbocycles. The van der Waals surface area contributed by atoms with Gasteiger partial charge in [-0.1, -0.05) is 56.2 Å². The zero-order chi connectivity index (χ0) is 16.2. The van der Waals surface area contributed by atoms with Crippen molar-refractivity contribution in [2.45, 2.75) is 38.4 Å². The highest BCUT2D eigenvalue weighted by Crippen LogP contribution is 2.39. The van der Waals surface area contributed by atoms with Crippen molar-refractivity contribution in [1.82, 2.24) is 0 Å².